The molecule has 0 saturated heterocycles. The number of para-hydroxylation sites is 1. The van der Waals surface area contributed by atoms with Crippen LogP contribution < -0.4 is 5.32 Å². The predicted octanol–water partition coefficient (Wildman–Crippen LogP) is 4.20. The Bertz CT molecular complexity index is 605. The van der Waals surface area contributed by atoms with Gasteiger partial charge in [-0.1, -0.05) is 18.2 Å². The van der Waals surface area contributed by atoms with Crippen LogP contribution in [0.2, 0.25) is 0 Å². The summed E-state index contributed by atoms with van der Waals surface area (Å²) in [5.41, 5.74) is 1.27. The van der Waals surface area contributed by atoms with Gasteiger partial charge in [0.1, 0.15) is 23.1 Å². The Morgan fingerprint density at radius 1 is 0.895 bits per heavy atom. The minimum atomic E-state index is -0.634. The fourth-order valence-corrected chi connectivity index (χ4v) is 2.57. The standard InChI is InChI=1S/C15H12F3N/c16-11-4-1-3-10-9(11)7-8-14(10)19-15-12(17)5-2-6-13(15)18/h1-6,14,19H,7-8H2. The maximum atomic E-state index is 13.6. The molecule has 0 aromatic heterocycles. The maximum Gasteiger partial charge on any atom is 0.149 e. The molecule has 4 heteroatoms. The molecule has 2 aromatic rings. The van der Waals surface area contributed by atoms with E-state index in [0.717, 1.165) is 5.56 Å². The first-order valence-electron chi connectivity index (χ1n) is 6.14. The summed E-state index contributed by atoms with van der Waals surface area (Å²) in [5.74, 6) is -1.52. The van der Waals surface area contributed by atoms with Gasteiger partial charge in [-0.2, -0.15) is 0 Å². The van der Waals surface area contributed by atoms with E-state index < -0.39 is 11.6 Å². The molecule has 1 unspecified atom stereocenters. The largest absolute Gasteiger partial charge is 0.373 e. The molecule has 1 N–H and O–H groups in total. The van der Waals surface area contributed by atoms with Gasteiger partial charge >= 0.3 is 0 Å². The van der Waals surface area contributed by atoms with Crippen molar-refractivity contribution >= 4 is 5.69 Å². The summed E-state index contributed by atoms with van der Waals surface area (Å²) < 4.78 is 40.8. The van der Waals surface area contributed by atoms with Crippen LogP contribution in [-0.4, -0.2) is 0 Å². The van der Waals surface area contributed by atoms with Crippen molar-refractivity contribution in [2.75, 3.05) is 5.32 Å². The van der Waals surface area contributed by atoms with Gasteiger partial charge in [0, 0.05) is 0 Å². The van der Waals surface area contributed by atoms with Crippen molar-refractivity contribution in [1.29, 1.82) is 0 Å². The van der Waals surface area contributed by atoms with Crippen LogP contribution in [0.4, 0.5) is 18.9 Å². The molecule has 1 atom stereocenters. The highest BCUT2D eigenvalue weighted by Crippen LogP contribution is 2.36. The number of hydrogen-bond donors (Lipinski definition) is 1. The first-order chi connectivity index (χ1) is 9.16. The van der Waals surface area contributed by atoms with Crippen LogP contribution >= 0.6 is 0 Å². The van der Waals surface area contributed by atoms with Gasteiger partial charge in [-0.15, -0.1) is 0 Å². The zero-order chi connectivity index (χ0) is 13.4. The summed E-state index contributed by atoms with van der Waals surface area (Å²) in [6.07, 6.45) is 1.21. The van der Waals surface area contributed by atoms with Crippen molar-refractivity contribution in [3.8, 4) is 0 Å². The fraction of sp³-hybridized carbons (Fsp3) is 0.200. The quantitative estimate of drug-likeness (QED) is 0.856. The van der Waals surface area contributed by atoms with Crippen LogP contribution in [0.25, 0.3) is 0 Å². The second-order valence-electron chi connectivity index (χ2n) is 4.64. The Balaban J connectivity index is 1.93. The lowest BCUT2D eigenvalue weighted by Crippen LogP contribution is -2.10. The molecule has 0 bridgehead atoms. The summed E-state index contributed by atoms with van der Waals surface area (Å²) in [4.78, 5) is 0. The summed E-state index contributed by atoms with van der Waals surface area (Å²) in [6, 6.07) is 8.29. The summed E-state index contributed by atoms with van der Waals surface area (Å²) in [5, 5.41) is 2.84. The van der Waals surface area contributed by atoms with Crippen LogP contribution in [0.3, 0.4) is 0 Å². The van der Waals surface area contributed by atoms with Crippen LogP contribution in [0.5, 0.6) is 0 Å². The van der Waals surface area contributed by atoms with E-state index in [-0.39, 0.29) is 17.5 Å². The molecule has 0 radical (unpaired) electrons. The maximum absolute atomic E-state index is 13.6. The lowest BCUT2D eigenvalue weighted by Gasteiger charge is -2.16. The Hall–Kier alpha value is -1.97. The highest BCUT2D eigenvalue weighted by atomic mass is 19.1. The lowest BCUT2D eigenvalue weighted by atomic mass is 10.1. The highest BCUT2D eigenvalue weighted by molar-refractivity contribution is 5.50. The first kappa shape index (κ1) is 12.1. The normalized spacial score (nSPS) is 17.3. The van der Waals surface area contributed by atoms with Gasteiger partial charge in [-0.25, -0.2) is 13.2 Å². The minimum Gasteiger partial charge on any atom is -0.373 e. The molecule has 1 aliphatic carbocycles. The van der Waals surface area contributed by atoms with Crippen molar-refractivity contribution in [1.82, 2.24) is 0 Å². The molecule has 1 nitrogen and oxygen atoms in total. The van der Waals surface area contributed by atoms with E-state index in [1.165, 1.54) is 24.3 Å². The third-order valence-corrected chi connectivity index (χ3v) is 3.49. The number of hydrogen-bond acceptors (Lipinski definition) is 1. The van der Waals surface area contributed by atoms with Crippen LogP contribution in [-0.2, 0) is 6.42 Å². The molecular formula is C15H12F3N. The SMILES string of the molecule is Fc1cccc2c1CCC2Nc1c(F)cccc1F. The third kappa shape index (κ3) is 2.07. The third-order valence-electron chi connectivity index (χ3n) is 3.49. The first-order valence-corrected chi connectivity index (χ1v) is 6.14. The van der Waals surface area contributed by atoms with E-state index >= 15 is 0 Å². The number of anilines is 1. The Morgan fingerprint density at radius 2 is 1.53 bits per heavy atom. The average Bonchev–Trinajstić information content (AvgIpc) is 2.79. The number of halogens is 3. The molecule has 0 saturated carbocycles. The van der Waals surface area contributed by atoms with E-state index in [2.05, 4.69) is 5.32 Å². The molecule has 2 aromatic carbocycles. The Morgan fingerprint density at radius 3 is 2.26 bits per heavy atom. The molecule has 0 heterocycles. The van der Waals surface area contributed by atoms with E-state index in [0.29, 0.717) is 18.4 Å². The van der Waals surface area contributed by atoms with Crippen LogP contribution in [0.15, 0.2) is 36.4 Å². The Kier molecular flexibility index (Phi) is 2.93. The van der Waals surface area contributed by atoms with E-state index in [1.54, 1.807) is 12.1 Å². The fourth-order valence-electron chi connectivity index (χ4n) is 2.57. The number of nitrogens with one attached hydrogen (secondary N) is 1. The molecular weight excluding hydrogens is 251 g/mol. The van der Waals surface area contributed by atoms with Crippen molar-refractivity contribution < 1.29 is 13.2 Å². The van der Waals surface area contributed by atoms with Gasteiger partial charge in [0.05, 0.1) is 6.04 Å². The molecule has 0 amide bonds. The van der Waals surface area contributed by atoms with Crippen LogP contribution in [0.1, 0.15) is 23.6 Å². The molecule has 0 fully saturated rings. The minimum absolute atomic E-state index is 0.149. The molecule has 0 aliphatic heterocycles. The monoisotopic (exact) mass is 263 g/mol. The van der Waals surface area contributed by atoms with Gasteiger partial charge in [-0.3, -0.25) is 0 Å². The molecule has 98 valence electrons. The van der Waals surface area contributed by atoms with Gasteiger partial charge in [0.25, 0.3) is 0 Å². The second kappa shape index (κ2) is 4.61. The van der Waals surface area contributed by atoms with Crippen molar-refractivity contribution in [2.24, 2.45) is 0 Å². The van der Waals surface area contributed by atoms with Crippen molar-refractivity contribution in [3.05, 3.63) is 65.0 Å². The van der Waals surface area contributed by atoms with Crippen molar-refractivity contribution in [2.45, 2.75) is 18.9 Å². The van der Waals surface area contributed by atoms with Gasteiger partial charge in [-0.05, 0) is 42.2 Å². The average molecular weight is 263 g/mol. The summed E-state index contributed by atoms with van der Waals surface area (Å²) in [6.45, 7) is 0. The highest BCUT2D eigenvalue weighted by Gasteiger charge is 2.26. The molecule has 19 heavy (non-hydrogen) atoms. The second-order valence-corrected chi connectivity index (χ2v) is 4.64. The summed E-state index contributed by atoms with van der Waals surface area (Å²) in [7, 11) is 0. The van der Waals surface area contributed by atoms with Crippen LogP contribution in [0, 0.1) is 17.5 Å². The molecule has 3 rings (SSSR count). The van der Waals surface area contributed by atoms with E-state index in [9.17, 15) is 13.2 Å². The molecule has 0 spiro atoms. The number of fused-ring (bicyclic) bond motifs is 1. The topological polar surface area (TPSA) is 12.0 Å². The van der Waals surface area contributed by atoms with Gasteiger partial charge in [0.15, 0.2) is 0 Å². The van der Waals surface area contributed by atoms with E-state index in [4.69, 9.17) is 0 Å². The smallest absolute Gasteiger partial charge is 0.149 e. The Labute approximate surface area is 109 Å². The zero-order valence-corrected chi connectivity index (χ0v) is 10.1. The lowest BCUT2D eigenvalue weighted by molar-refractivity contribution is 0.581. The number of benzene rings is 2. The number of rotatable bonds is 2. The van der Waals surface area contributed by atoms with Gasteiger partial charge in [0.2, 0.25) is 0 Å². The van der Waals surface area contributed by atoms with Gasteiger partial charge < -0.3 is 5.32 Å². The summed E-state index contributed by atoms with van der Waals surface area (Å²) >= 11 is 0. The van der Waals surface area contributed by atoms with Crippen molar-refractivity contribution in [3.63, 3.8) is 0 Å². The van der Waals surface area contributed by atoms with E-state index in [1.807, 2.05) is 0 Å². The molecule has 1 aliphatic rings. The predicted molar refractivity (Wildman–Crippen MR) is 67.4 cm³/mol. The zero-order valence-electron chi connectivity index (χ0n) is 10.1.